The third kappa shape index (κ3) is 6.35. The molecule has 0 amide bonds. The van der Waals surface area contributed by atoms with E-state index in [4.69, 9.17) is 0 Å². The molecule has 0 aromatic heterocycles. The number of nitrogens with zero attached hydrogens (tertiary/aromatic N) is 3. The molecule has 0 spiro atoms. The lowest BCUT2D eigenvalue weighted by atomic mass is 10.0. The summed E-state index contributed by atoms with van der Waals surface area (Å²) in [4.78, 5) is 8.99. The Kier molecular flexibility index (Phi) is 8.57. The van der Waals surface area contributed by atoms with E-state index >= 15 is 0 Å². The molecule has 0 saturated carbocycles. The van der Waals surface area contributed by atoms with Gasteiger partial charge in [-0.05, 0) is 48.7 Å². The molecule has 0 unspecified atom stereocenters. The first kappa shape index (κ1) is 23.4. The number of hydrogen-bond donors (Lipinski definition) is 2. The summed E-state index contributed by atoms with van der Waals surface area (Å²) < 4.78 is 13.5. The van der Waals surface area contributed by atoms with Crippen LogP contribution in [0.3, 0.4) is 0 Å². The molecule has 2 heterocycles. The van der Waals surface area contributed by atoms with Gasteiger partial charge in [-0.25, -0.2) is 4.39 Å². The van der Waals surface area contributed by atoms with Crippen molar-refractivity contribution >= 4 is 41.3 Å². The first-order chi connectivity index (χ1) is 14.7. The summed E-state index contributed by atoms with van der Waals surface area (Å²) in [5, 5.41) is 6.99. The molecule has 166 valence electrons. The van der Waals surface area contributed by atoms with Crippen LogP contribution in [-0.2, 0) is 6.54 Å². The maximum Gasteiger partial charge on any atom is 0.191 e. The van der Waals surface area contributed by atoms with Gasteiger partial charge in [0.2, 0.25) is 0 Å². The maximum atomic E-state index is 13.5. The normalized spacial score (nSPS) is 16.9. The minimum absolute atomic E-state index is 0. The Morgan fingerprint density at radius 1 is 1.00 bits per heavy atom. The van der Waals surface area contributed by atoms with Gasteiger partial charge < -0.3 is 20.4 Å². The Balaban J connectivity index is 0.00000272. The lowest BCUT2D eigenvalue weighted by molar-refractivity contribution is 0.461. The quantitative estimate of drug-likeness (QED) is 0.261. The lowest BCUT2D eigenvalue weighted by Gasteiger charge is -2.34. The summed E-state index contributed by atoms with van der Waals surface area (Å²) in [6, 6.07) is 15.9. The van der Waals surface area contributed by atoms with Gasteiger partial charge in [-0.3, -0.25) is 4.99 Å². The van der Waals surface area contributed by atoms with Gasteiger partial charge in [0, 0.05) is 57.2 Å². The average Bonchev–Trinajstić information content (AvgIpc) is 3.32. The van der Waals surface area contributed by atoms with E-state index in [1.54, 1.807) is 12.1 Å². The van der Waals surface area contributed by atoms with E-state index in [-0.39, 0.29) is 29.8 Å². The zero-order valence-corrected chi connectivity index (χ0v) is 20.3. The largest absolute Gasteiger partial charge is 0.371 e. The summed E-state index contributed by atoms with van der Waals surface area (Å²) in [5.74, 6) is 0.648. The second-order valence-corrected chi connectivity index (χ2v) is 7.86. The number of guanidine groups is 1. The molecule has 1 fully saturated rings. The minimum atomic E-state index is -0.178. The van der Waals surface area contributed by atoms with Crippen molar-refractivity contribution in [3.8, 4) is 0 Å². The van der Waals surface area contributed by atoms with E-state index in [1.807, 2.05) is 13.1 Å². The Morgan fingerprint density at radius 3 is 2.35 bits per heavy atom. The maximum absolute atomic E-state index is 13.5. The van der Waals surface area contributed by atoms with Crippen LogP contribution in [0.15, 0.2) is 65.7 Å². The predicted molar refractivity (Wildman–Crippen MR) is 138 cm³/mol. The Hall–Kier alpha value is -2.29. The monoisotopic (exact) mass is 535 g/mol. The second-order valence-electron chi connectivity index (χ2n) is 7.86. The van der Waals surface area contributed by atoms with Gasteiger partial charge in [0.05, 0.1) is 0 Å². The van der Waals surface area contributed by atoms with Crippen LogP contribution < -0.4 is 20.4 Å². The number of halogens is 2. The van der Waals surface area contributed by atoms with Gasteiger partial charge in [0.1, 0.15) is 5.82 Å². The van der Waals surface area contributed by atoms with Crippen molar-refractivity contribution in [3.05, 3.63) is 72.1 Å². The third-order valence-corrected chi connectivity index (χ3v) is 5.79. The van der Waals surface area contributed by atoms with Crippen molar-refractivity contribution in [1.82, 2.24) is 10.6 Å². The molecule has 5 nitrogen and oxygen atoms in total. The van der Waals surface area contributed by atoms with E-state index < -0.39 is 0 Å². The zero-order valence-electron chi connectivity index (χ0n) is 17.9. The number of rotatable bonds is 5. The number of nitrogens with one attached hydrogen (secondary N) is 2. The van der Waals surface area contributed by atoms with Gasteiger partial charge >= 0.3 is 0 Å². The van der Waals surface area contributed by atoms with Crippen LogP contribution in [-0.4, -0.2) is 45.2 Å². The SMILES string of the molecule is CN=C(NCc1cccc(N2CC=CC2)c1)NC1CCN(c2cccc(F)c2)CC1.I. The standard InChI is InChI=1S/C24H30FN5.HI/c1-26-24(27-18-19-6-4-8-22(16-19)29-12-2-3-13-29)28-21-10-14-30(15-11-21)23-9-5-7-20(25)17-23;/h2-9,16-17,21H,10-15,18H2,1H3,(H2,26,27,28);1H. The van der Waals surface area contributed by atoms with Crippen molar-refractivity contribution < 1.29 is 4.39 Å². The van der Waals surface area contributed by atoms with Crippen LogP contribution in [0.25, 0.3) is 0 Å². The molecule has 7 heteroatoms. The highest BCUT2D eigenvalue weighted by atomic mass is 127. The minimum Gasteiger partial charge on any atom is -0.371 e. The number of benzene rings is 2. The van der Waals surface area contributed by atoms with E-state index in [2.05, 4.69) is 61.8 Å². The molecule has 2 aromatic rings. The highest BCUT2D eigenvalue weighted by Gasteiger charge is 2.20. The van der Waals surface area contributed by atoms with Crippen LogP contribution in [0, 0.1) is 5.82 Å². The van der Waals surface area contributed by atoms with Crippen molar-refractivity contribution in [2.24, 2.45) is 4.99 Å². The van der Waals surface area contributed by atoms with Crippen molar-refractivity contribution in [2.75, 3.05) is 43.0 Å². The number of aliphatic imine (C=N–C) groups is 1. The third-order valence-electron chi connectivity index (χ3n) is 5.79. The molecule has 2 aliphatic rings. The first-order valence-corrected chi connectivity index (χ1v) is 10.7. The molecule has 2 aliphatic heterocycles. The van der Waals surface area contributed by atoms with Gasteiger partial charge in [-0.2, -0.15) is 0 Å². The van der Waals surface area contributed by atoms with Crippen LogP contribution in [0.5, 0.6) is 0 Å². The molecule has 1 saturated heterocycles. The molecule has 31 heavy (non-hydrogen) atoms. The Morgan fingerprint density at radius 2 is 1.68 bits per heavy atom. The fraction of sp³-hybridized carbons (Fsp3) is 0.375. The predicted octanol–water partition coefficient (Wildman–Crippen LogP) is 4.15. The second kappa shape index (κ2) is 11.4. The lowest BCUT2D eigenvalue weighted by Crippen LogP contribution is -2.48. The highest BCUT2D eigenvalue weighted by molar-refractivity contribution is 14.0. The molecule has 2 aromatic carbocycles. The van der Waals surface area contributed by atoms with Crippen molar-refractivity contribution in [2.45, 2.75) is 25.4 Å². The van der Waals surface area contributed by atoms with Crippen molar-refractivity contribution in [3.63, 3.8) is 0 Å². The molecule has 0 bridgehead atoms. The van der Waals surface area contributed by atoms with Gasteiger partial charge in [-0.15, -0.1) is 24.0 Å². The van der Waals surface area contributed by atoms with Gasteiger partial charge in [-0.1, -0.05) is 30.4 Å². The van der Waals surface area contributed by atoms with Gasteiger partial charge in [0.15, 0.2) is 5.96 Å². The molecule has 0 atom stereocenters. The smallest absolute Gasteiger partial charge is 0.191 e. The molecule has 0 radical (unpaired) electrons. The summed E-state index contributed by atoms with van der Waals surface area (Å²) in [7, 11) is 1.81. The first-order valence-electron chi connectivity index (χ1n) is 10.7. The number of anilines is 2. The number of piperidine rings is 1. The highest BCUT2D eigenvalue weighted by Crippen LogP contribution is 2.21. The Labute approximate surface area is 201 Å². The van der Waals surface area contributed by atoms with Crippen LogP contribution in [0.4, 0.5) is 15.8 Å². The fourth-order valence-corrected chi connectivity index (χ4v) is 4.08. The molecular weight excluding hydrogens is 504 g/mol. The van der Waals surface area contributed by atoms with Crippen LogP contribution in [0.1, 0.15) is 18.4 Å². The van der Waals surface area contributed by atoms with Crippen molar-refractivity contribution in [1.29, 1.82) is 0 Å². The summed E-state index contributed by atoms with van der Waals surface area (Å²) >= 11 is 0. The molecule has 4 rings (SSSR count). The van der Waals surface area contributed by atoms with E-state index in [0.29, 0.717) is 6.04 Å². The van der Waals surface area contributed by atoms with E-state index in [0.717, 1.165) is 57.2 Å². The van der Waals surface area contributed by atoms with Gasteiger partial charge in [0.25, 0.3) is 0 Å². The van der Waals surface area contributed by atoms with E-state index in [9.17, 15) is 4.39 Å². The zero-order chi connectivity index (χ0) is 20.8. The summed E-state index contributed by atoms with van der Waals surface area (Å²) in [6.45, 7) is 4.51. The van der Waals surface area contributed by atoms with Crippen LogP contribution in [0.2, 0.25) is 0 Å². The van der Waals surface area contributed by atoms with Crippen LogP contribution >= 0.6 is 24.0 Å². The number of hydrogen-bond acceptors (Lipinski definition) is 3. The Bertz CT molecular complexity index is 900. The summed E-state index contributed by atoms with van der Waals surface area (Å²) in [5.41, 5.74) is 3.46. The fourth-order valence-electron chi connectivity index (χ4n) is 4.08. The average molecular weight is 535 g/mol. The topological polar surface area (TPSA) is 42.9 Å². The van der Waals surface area contributed by atoms with E-state index in [1.165, 1.54) is 17.3 Å². The molecule has 0 aliphatic carbocycles. The molecular formula is C24H31FIN5. The molecule has 2 N–H and O–H groups in total. The summed E-state index contributed by atoms with van der Waals surface area (Å²) in [6.07, 6.45) is 6.40.